The first-order valence-corrected chi connectivity index (χ1v) is 6.72. The monoisotopic (exact) mass is 303 g/mol. The average molecular weight is 303 g/mol. The number of nitrogens with one attached hydrogen (secondary N) is 3. The molecule has 0 fully saturated rings. The summed E-state index contributed by atoms with van der Waals surface area (Å²) in [5.74, 6) is 0.368. The molecule has 7 heteroatoms. The zero-order chi connectivity index (χ0) is 16.1. The van der Waals surface area contributed by atoms with Gasteiger partial charge < -0.3 is 15.0 Å². The highest BCUT2D eigenvalue weighted by Crippen LogP contribution is 2.16. The predicted molar refractivity (Wildman–Crippen MR) is 81.0 cm³/mol. The average Bonchev–Trinajstić information content (AvgIpc) is 2.49. The quantitative estimate of drug-likeness (QED) is 0.736. The Kier molecular flexibility index (Phi) is 4.77. The number of methoxy groups -OCH3 is 1. The van der Waals surface area contributed by atoms with Crippen LogP contribution in [0.3, 0.4) is 0 Å². The third-order valence-corrected chi connectivity index (χ3v) is 3.26. The van der Waals surface area contributed by atoms with Crippen molar-refractivity contribution >= 4 is 5.91 Å². The maximum Gasteiger partial charge on any atom is 0.325 e. The normalized spacial score (nSPS) is 10.3. The highest BCUT2D eigenvalue weighted by atomic mass is 16.5. The number of carbonyl (C=O) groups excluding carboxylic acids is 1. The third-order valence-electron chi connectivity index (χ3n) is 3.26. The molecule has 0 aliphatic rings. The number of rotatable bonds is 5. The summed E-state index contributed by atoms with van der Waals surface area (Å²) in [7, 11) is 1.56. The van der Waals surface area contributed by atoms with Crippen LogP contribution in [-0.2, 0) is 17.8 Å². The summed E-state index contributed by atoms with van der Waals surface area (Å²) < 4.78 is 5.20. The van der Waals surface area contributed by atoms with Crippen molar-refractivity contribution < 1.29 is 9.53 Å². The zero-order valence-corrected chi connectivity index (χ0v) is 12.4. The molecule has 1 aromatic carbocycles. The second-order valence-corrected chi connectivity index (χ2v) is 4.78. The summed E-state index contributed by atoms with van der Waals surface area (Å²) in [6.45, 7) is 1.88. The number of H-pyrrole nitrogens is 2. The van der Waals surface area contributed by atoms with E-state index in [1.54, 1.807) is 20.1 Å². The Morgan fingerprint density at radius 3 is 2.64 bits per heavy atom. The lowest BCUT2D eigenvalue weighted by molar-refractivity contribution is -0.120. The van der Waals surface area contributed by atoms with Gasteiger partial charge in [0.15, 0.2) is 0 Å². The van der Waals surface area contributed by atoms with Crippen LogP contribution in [0, 0.1) is 6.92 Å². The highest BCUT2D eigenvalue weighted by Gasteiger charge is 2.11. The van der Waals surface area contributed by atoms with Crippen molar-refractivity contribution in [1.29, 1.82) is 0 Å². The van der Waals surface area contributed by atoms with Crippen LogP contribution in [0.4, 0.5) is 0 Å². The number of hydrogen-bond acceptors (Lipinski definition) is 4. The molecular formula is C15H17N3O4. The SMILES string of the molecule is COc1ccccc1CNC(=O)Cc1c(C)[nH]c(=O)[nH]c1=O. The number of carbonyl (C=O) groups is 1. The maximum atomic E-state index is 12.0. The smallest absolute Gasteiger partial charge is 0.325 e. The Morgan fingerprint density at radius 2 is 1.95 bits per heavy atom. The number of amides is 1. The lowest BCUT2D eigenvalue weighted by atomic mass is 10.1. The fourth-order valence-corrected chi connectivity index (χ4v) is 2.10. The molecule has 22 heavy (non-hydrogen) atoms. The fraction of sp³-hybridized carbons (Fsp3) is 0.267. The van der Waals surface area contributed by atoms with Gasteiger partial charge in [-0.15, -0.1) is 0 Å². The molecule has 0 saturated heterocycles. The van der Waals surface area contributed by atoms with Crippen LogP contribution in [0.2, 0.25) is 0 Å². The first-order chi connectivity index (χ1) is 10.5. The minimum Gasteiger partial charge on any atom is -0.496 e. The van der Waals surface area contributed by atoms with Crippen LogP contribution < -0.4 is 21.3 Å². The van der Waals surface area contributed by atoms with E-state index in [1.165, 1.54) is 0 Å². The molecular weight excluding hydrogens is 286 g/mol. The van der Waals surface area contributed by atoms with E-state index >= 15 is 0 Å². The van der Waals surface area contributed by atoms with Crippen LogP contribution in [-0.4, -0.2) is 23.0 Å². The number of para-hydroxylation sites is 1. The molecule has 2 rings (SSSR count). The number of benzene rings is 1. The predicted octanol–water partition coefficient (Wildman–Crippen LogP) is 0.239. The molecule has 1 aromatic heterocycles. The minimum atomic E-state index is -0.583. The molecule has 7 nitrogen and oxygen atoms in total. The standard InChI is InChI=1S/C15H17N3O4/c1-9-11(14(20)18-15(21)17-9)7-13(19)16-8-10-5-3-4-6-12(10)22-2/h3-6H,7-8H2,1-2H3,(H,16,19)(H2,17,18,20,21). The molecule has 0 unspecified atom stereocenters. The van der Waals surface area contributed by atoms with E-state index in [4.69, 9.17) is 4.74 Å². The van der Waals surface area contributed by atoms with Gasteiger partial charge in [0.1, 0.15) is 5.75 Å². The van der Waals surface area contributed by atoms with E-state index < -0.39 is 11.2 Å². The molecule has 116 valence electrons. The van der Waals surface area contributed by atoms with Crippen molar-refractivity contribution in [2.24, 2.45) is 0 Å². The largest absolute Gasteiger partial charge is 0.496 e. The van der Waals surface area contributed by atoms with Gasteiger partial charge in [-0.3, -0.25) is 14.6 Å². The third kappa shape index (κ3) is 3.63. The summed E-state index contributed by atoms with van der Waals surface area (Å²) in [5.41, 5.74) is 0.346. The molecule has 0 spiro atoms. The first kappa shape index (κ1) is 15.6. The van der Waals surface area contributed by atoms with E-state index in [-0.39, 0.29) is 17.9 Å². The molecule has 0 saturated carbocycles. The van der Waals surface area contributed by atoms with E-state index in [2.05, 4.69) is 15.3 Å². The fourth-order valence-electron chi connectivity index (χ4n) is 2.10. The molecule has 1 amide bonds. The van der Waals surface area contributed by atoms with Gasteiger partial charge >= 0.3 is 5.69 Å². The van der Waals surface area contributed by atoms with E-state index in [0.29, 0.717) is 18.0 Å². The lowest BCUT2D eigenvalue weighted by Crippen LogP contribution is -2.32. The van der Waals surface area contributed by atoms with E-state index in [1.807, 2.05) is 18.2 Å². The Labute approximate surface area is 126 Å². The van der Waals surface area contributed by atoms with Gasteiger partial charge in [-0.05, 0) is 13.0 Å². The van der Waals surface area contributed by atoms with Gasteiger partial charge in [-0.25, -0.2) is 4.79 Å². The summed E-state index contributed by atoms with van der Waals surface area (Å²) >= 11 is 0. The second-order valence-electron chi connectivity index (χ2n) is 4.78. The van der Waals surface area contributed by atoms with Crippen molar-refractivity contribution in [3.63, 3.8) is 0 Å². The molecule has 0 aliphatic carbocycles. The van der Waals surface area contributed by atoms with Gasteiger partial charge in [0.25, 0.3) is 5.56 Å². The molecule has 3 N–H and O–H groups in total. The van der Waals surface area contributed by atoms with Crippen molar-refractivity contribution in [3.05, 3.63) is 61.9 Å². The molecule has 0 radical (unpaired) electrons. The summed E-state index contributed by atoms with van der Waals surface area (Å²) in [6, 6.07) is 7.34. The Hall–Kier alpha value is -2.83. The zero-order valence-electron chi connectivity index (χ0n) is 12.4. The molecule has 0 bridgehead atoms. The van der Waals surface area contributed by atoms with Gasteiger partial charge in [0.2, 0.25) is 5.91 Å². The molecule has 0 aliphatic heterocycles. The summed E-state index contributed by atoms with van der Waals surface area (Å²) in [6.07, 6.45) is -0.104. The molecule has 0 atom stereocenters. The number of hydrogen-bond donors (Lipinski definition) is 3. The lowest BCUT2D eigenvalue weighted by Gasteiger charge is -2.10. The van der Waals surface area contributed by atoms with Crippen LogP contribution in [0.1, 0.15) is 16.8 Å². The summed E-state index contributed by atoms with van der Waals surface area (Å²) in [4.78, 5) is 39.4. The van der Waals surface area contributed by atoms with Crippen molar-refractivity contribution in [2.45, 2.75) is 19.9 Å². The Bertz CT molecular complexity index is 792. The van der Waals surface area contributed by atoms with Crippen LogP contribution >= 0.6 is 0 Å². The van der Waals surface area contributed by atoms with E-state index in [0.717, 1.165) is 5.56 Å². The Balaban J connectivity index is 2.05. The van der Waals surface area contributed by atoms with Crippen LogP contribution in [0.15, 0.2) is 33.9 Å². The first-order valence-electron chi connectivity index (χ1n) is 6.72. The number of ether oxygens (including phenoxy) is 1. The van der Waals surface area contributed by atoms with Crippen molar-refractivity contribution in [2.75, 3.05) is 7.11 Å². The number of aromatic nitrogens is 2. The van der Waals surface area contributed by atoms with Crippen LogP contribution in [0.5, 0.6) is 5.75 Å². The number of aryl methyl sites for hydroxylation is 1. The van der Waals surface area contributed by atoms with Gasteiger partial charge in [0, 0.05) is 23.4 Å². The van der Waals surface area contributed by atoms with Crippen LogP contribution in [0.25, 0.3) is 0 Å². The second kappa shape index (κ2) is 6.75. The maximum absolute atomic E-state index is 12.0. The number of aromatic amines is 2. The summed E-state index contributed by atoms with van der Waals surface area (Å²) in [5, 5.41) is 2.73. The highest BCUT2D eigenvalue weighted by molar-refractivity contribution is 5.78. The van der Waals surface area contributed by atoms with Crippen molar-refractivity contribution in [1.82, 2.24) is 15.3 Å². The van der Waals surface area contributed by atoms with Crippen molar-refractivity contribution in [3.8, 4) is 5.75 Å². The van der Waals surface area contributed by atoms with Gasteiger partial charge in [0.05, 0.1) is 13.5 Å². The molecule has 2 aromatic rings. The molecule has 1 heterocycles. The Morgan fingerprint density at radius 1 is 1.23 bits per heavy atom. The minimum absolute atomic E-state index is 0.104. The topological polar surface area (TPSA) is 104 Å². The van der Waals surface area contributed by atoms with Gasteiger partial charge in [-0.1, -0.05) is 18.2 Å². The van der Waals surface area contributed by atoms with Gasteiger partial charge in [-0.2, -0.15) is 0 Å². The van der Waals surface area contributed by atoms with E-state index in [9.17, 15) is 14.4 Å².